The van der Waals surface area contributed by atoms with Gasteiger partial charge in [0.1, 0.15) is 0 Å². The summed E-state index contributed by atoms with van der Waals surface area (Å²) in [7, 11) is 0. The molecule has 0 unspecified atom stereocenters. The van der Waals surface area contributed by atoms with Gasteiger partial charge in [0.05, 0.1) is 12.2 Å². The summed E-state index contributed by atoms with van der Waals surface area (Å²) in [5.74, 6) is 0.871. The van der Waals surface area contributed by atoms with Crippen molar-refractivity contribution in [3.63, 3.8) is 0 Å². The Morgan fingerprint density at radius 3 is 2.58 bits per heavy atom. The number of rotatable bonds is 3. The van der Waals surface area contributed by atoms with Crippen molar-refractivity contribution < 1.29 is 10.2 Å². The third-order valence-electron chi connectivity index (χ3n) is 2.00. The van der Waals surface area contributed by atoms with Gasteiger partial charge in [-0.2, -0.15) is 11.8 Å². The molecule has 1 saturated heterocycles. The second-order valence-electron chi connectivity index (χ2n) is 3.45. The van der Waals surface area contributed by atoms with E-state index in [-0.39, 0.29) is 6.04 Å². The first-order valence-corrected chi connectivity index (χ1v) is 5.37. The third-order valence-corrected chi connectivity index (χ3v) is 3.22. The molecular weight excluding hydrogens is 174 g/mol. The number of thioether (sulfide) groups is 1. The lowest BCUT2D eigenvalue weighted by Crippen LogP contribution is -2.35. The molecule has 0 amide bonds. The summed E-state index contributed by atoms with van der Waals surface area (Å²) >= 11 is 1.80. The Bertz CT molecular complexity index is 143. The predicted octanol–water partition coefficient (Wildman–Crippen LogP) is -0.178. The molecule has 0 bridgehead atoms. The summed E-state index contributed by atoms with van der Waals surface area (Å²) < 4.78 is 0. The molecule has 3 N–H and O–H groups in total. The fourth-order valence-corrected chi connectivity index (χ4v) is 2.14. The van der Waals surface area contributed by atoms with Gasteiger partial charge in [0.25, 0.3) is 0 Å². The van der Waals surface area contributed by atoms with Crippen molar-refractivity contribution in [1.29, 1.82) is 0 Å². The van der Waals surface area contributed by atoms with Crippen LogP contribution in [0.25, 0.3) is 0 Å². The van der Waals surface area contributed by atoms with Crippen LogP contribution in [0.15, 0.2) is 0 Å². The zero-order valence-corrected chi connectivity index (χ0v) is 8.34. The summed E-state index contributed by atoms with van der Waals surface area (Å²) in [6.45, 7) is 4.77. The second kappa shape index (κ2) is 4.46. The molecule has 0 aromatic heterocycles. The van der Waals surface area contributed by atoms with Gasteiger partial charge >= 0.3 is 0 Å². The van der Waals surface area contributed by atoms with Crippen LogP contribution >= 0.6 is 11.8 Å². The van der Waals surface area contributed by atoms with Gasteiger partial charge in [0.15, 0.2) is 0 Å². The number of β-amino-alcohol motifs (C(OH)–C–C–N with tert-alkyl or cyclic N) is 1. The zero-order chi connectivity index (χ0) is 9.14. The number of nitrogens with one attached hydrogen (secondary N) is 1. The van der Waals surface area contributed by atoms with Crippen LogP contribution in [0.3, 0.4) is 0 Å². The fraction of sp³-hybridized carbons (Fsp3) is 1.00. The molecule has 3 atom stereocenters. The topological polar surface area (TPSA) is 52.5 Å². The maximum atomic E-state index is 9.44. The summed E-state index contributed by atoms with van der Waals surface area (Å²) in [6.07, 6.45) is -1.17. The molecule has 1 heterocycles. The van der Waals surface area contributed by atoms with Gasteiger partial charge in [-0.25, -0.2) is 0 Å². The zero-order valence-electron chi connectivity index (χ0n) is 7.53. The van der Waals surface area contributed by atoms with Gasteiger partial charge in [-0.05, 0) is 5.25 Å². The van der Waals surface area contributed by atoms with E-state index in [1.165, 1.54) is 0 Å². The van der Waals surface area contributed by atoms with E-state index in [1.54, 1.807) is 11.8 Å². The molecule has 1 rings (SSSR count). The van der Waals surface area contributed by atoms with E-state index in [2.05, 4.69) is 19.2 Å². The monoisotopic (exact) mass is 191 g/mol. The lowest BCUT2D eigenvalue weighted by Gasteiger charge is -2.16. The minimum atomic E-state index is -0.587. The fourth-order valence-electron chi connectivity index (χ4n) is 1.24. The minimum absolute atomic E-state index is 0.0624. The van der Waals surface area contributed by atoms with Crippen molar-refractivity contribution in [2.45, 2.75) is 37.3 Å². The van der Waals surface area contributed by atoms with Crippen molar-refractivity contribution >= 4 is 11.8 Å². The van der Waals surface area contributed by atoms with Crippen molar-refractivity contribution in [2.24, 2.45) is 0 Å². The molecule has 0 saturated carbocycles. The average Bonchev–Trinajstić information content (AvgIpc) is 2.30. The Morgan fingerprint density at radius 1 is 1.50 bits per heavy atom. The SMILES string of the molecule is CC(C)SC[C@H]1NC[C@H](O)[C@@H]1O. The van der Waals surface area contributed by atoms with E-state index in [9.17, 15) is 10.2 Å². The summed E-state index contributed by atoms with van der Waals surface area (Å²) in [5.41, 5.74) is 0. The van der Waals surface area contributed by atoms with Gasteiger partial charge in [0.2, 0.25) is 0 Å². The first-order valence-electron chi connectivity index (χ1n) is 4.32. The van der Waals surface area contributed by atoms with Gasteiger partial charge in [-0.1, -0.05) is 13.8 Å². The molecule has 1 aliphatic rings. The van der Waals surface area contributed by atoms with Gasteiger partial charge in [-0.3, -0.25) is 0 Å². The van der Waals surface area contributed by atoms with Gasteiger partial charge < -0.3 is 15.5 Å². The molecule has 72 valence electrons. The largest absolute Gasteiger partial charge is 0.389 e. The van der Waals surface area contributed by atoms with E-state index < -0.39 is 12.2 Å². The highest BCUT2D eigenvalue weighted by Gasteiger charge is 2.32. The Morgan fingerprint density at radius 2 is 2.17 bits per heavy atom. The Hall–Kier alpha value is 0.230. The van der Waals surface area contributed by atoms with Gasteiger partial charge in [0, 0.05) is 18.3 Å². The molecule has 4 heteroatoms. The highest BCUT2D eigenvalue weighted by molar-refractivity contribution is 7.99. The smallest absolute Gasteiger partial charge is 0.0972 e. The van der Waals surface area contributed by atoms with Crippen LogP contribution in [0.5, 0.6) is 0 Å². The Balaban J connectivity index is 2.24. The molecule has 1 aliphatic heterocycles. The van der Waals surface area contributed by atoms with Crippen LogP contribution in [0.4, 0.5) is 0 Å². The first kappa shape index (κ1) is 10.3. The van der Waals surface area contributed by atoms with E-state index in [0.29, 0.717) is 11.8 Å². The van der Waals surface area contributed by atoms with Crippen LogP contribution in [-0.4, -0.2) is 46.0 Å². The summed E-state index contributed by atoms with van der Waals surface area (Å²) in [4.78, 5) is 0. The minimum Gasteiger partial charge on any atom is -0.389 e. The lowest BCUT2D eigenvalue weighted by molar-refractivity contribution is 0.0443. The number of aliphatic hydroxyl groups is 2. The molecular formula is C8H17NO2S. The molecule has 12 heavy (non-hydrogen) atoms. The van der Waals surface area contributed by atoms with Crippen LogP contribution in [0, 0.1) is 0 Å². The van der Waals surface area contributed by atoms with E-state index in [0.717, 1.165) is 5.75 Å². The Kier molecular flexibility index (Phi) is 3.83. The Labute approximate surface area is 77.5 Å². The van der Waals surface area contributed by atoms with Crippen molar-refractivity contribution in [1.82, 2.24) is 5.32 Å². The van der Waals surface area contributed by atoms with Crippen molar-refractivity contribution in [3.8, 4) is 0 Å². The summed E-state index contributed by atoms with van der Waals surface area (Å²) in [6, 6.07) is 0.0624. The highest BCUT2D eigenvalue weighted by atomic mass is 32.2. The van der Waals surface area contributed by atoms with Crippen LogP contribution in [-0.2, 0) is 0 Å². The van der Waals surface area contributed by atoms with Crippen LogP contribution < -0.4 is 5.32 Å². The number of hydrogen-bond acceptors (Lipinski definition) is 4. The third kappa shape index (κ3) is 2.62. The molecule has 0 radical (unpaired) electrons. The maximum absolute atomic E-state index is 9.44. The first-order chi connectivity index (χ1) is 5.61. The van der Waals surface area contributed by atoms with E-state index in [4.69, 9.17) is 0 Å². The normalized spacial score (nSPS) is 36.2. The standard InChI is InChI=1S/C8H17NO2S/c1-5(2)12-4-6-8(11)7(10)3-9-6/h5-11H,3-4H2,1-2H3/t6-,7+,8-/m1/s1. The van der Waals surface area contributed by atoms with Crippen molar-refractivity contribution in [3.05, 3.63) is 0 Å². The molecule has 0 aromatic carbocycles. The highest BCUT2D eigenvalue weighted by Crippen LogP contribution is 2.16. The lowest BCUT2D eigenvalue weighted by atomic mass is 10.2. The van der Waals surface area contributed by atoms with Crippen molar-refractivity contribution in [2.75, 3.05) is 12.3 Å². The molecule has 0 spiro atoms. The van der Waals surface area contributed by atoms with Gasteiger partial charge in [-0.15, -0.1) is 0 Å². The van der Waals surface area contributed by atoms with E-state index >= 15 is 0 Å². The van der Waals surface area contributed by atoms with Crippen LogP contribution in [0.2, 0.25) is 0 Å². The molecule has 0 aliphatic carbocycles. The average molecular weight is 191 g/mol. The summed E-state index contributed by atoms with van der Waals surface area (Å²) in [5, 5.41) is 22.3. The predicted molar refractivity (Wildman–Crippen MR) is 51.4 cm³/mol. The second-order valence-corrected chi connectivity index (χ2v) is 5.06. The maximum Gasteiger partial charge on any atom is 0.0972 e. The molecule has 3 nitrogen and oxygen atoms in total. The molecule has 0 aromatic rings. The van der Waals surface area contributed by atoms with Crippen LogP contribution in [0.1, 0.15) is 13.8 Å². The van der Waals surface area contributed by atoms with E-state index in [1.807, 2.05) is 0 Å². The number of aliphatic hydroxyl groups excluding tert-OH is 2. The number of hydrogen-bond donors (Lipinski definition) is 3. The quantitative estimate of drug-likeness (QED) is 0.579. The molecule has 1 fully saturated rings.